The highest BCUT2D eigenvalue weighted by molar-refractivity contribution is 7.10. The van der Waals surface area contributed by atoms with E-state index in [-0.39, 0.29) is 0 Å². The third kappa shape index (κ3) is 1.74. The fourth-order valence-electron chi connectivity index (χ4n) is 1.97. The summed E-state index contributed by atoms with van der Waals surface area (Å²) in [5, 5.41) is 3.30. The predicted octanol–water partition coefficient (Wildman–Crippen LogP) is 2.41. The molecular formula is C12H13N3S. The lowest BCUT2D eigenvalue weighted by Gasteiger charge is -2.30. The maximum Gasteiger partial charge on any atom is 0.0998 e. The molecule has 16 heavy (non-hydrogen) atoms. The van der Waals surface area contributed by atoms with Gasteiger partial charge < -0.3 is 5.73 Å². The number of nitrogens with zero attached hydrogens (tertiary/aromatic N) is 2. The Morgan fingerprint density at radius 2 is 2.12 bits per heavy atom. The van der Waals surface area contributed by atoms with Crippen molar-refractivity contribution in [3.05, 3.63) is 34.8 Å². The molecule has 0 atom stereocenters. The van der Waals surface area contributed by atoms with Gasteiger partial charge in [0.1, 0.15) is 0 Å². The molecule has 2 aromatic rings. The van der Waals surface area contributed by atoms with Crippen LogP contribution in [0.25, 0.3) is 11.4 Å². The molecule has 1 aliphatic carbocycles. The van der Waals surface area contributed by atoms with Gasteiger partial charge in [-0.25, -0.2) is 4.98 Å². The standard InChI is InChI=1S/C12H13N3S/c13-9-5-8(6-9)12-15-11(7-16-12)10-3-1-2-4-14-10/h1-4,7-9H,5-6,13H2. The van der Waals surface area contributed by atoms with Crippen LogP contribution in [-0.2, 0) is 0 Å². The Bertz CT molecular complexity index is 474. The molecule has 2 heterocycles. The van der Waals surface area contributed by atoms with Crippen molar-refractivity contribution in [2.45, 2.75) is 24.8 Å². The third-order valence-electron chi connectivity index (χ3n) is 2.97. The number of pyridine rings is 1. The van der Waals surface area contributed by atoms with Gasteiger partial charge in [-0.15, -0.1) is 11.3 Å². The molecular weight excluding hydrogens is 218 g/mol. The fourth-order valence-corrected chi connectivity index (χ4v) is 2.91. The molecule has 1 saturated carbocycles. The van der Waals surface area contributed by atoms with Crippen LogP contribution in [0, 0.1) is 0 Å². The monoisotopic (exact) mass is 231 g/mol. The van der Waals surface area contributed by atoms with Crippen LogP contribution >= 0.6 is 11.3 Å². The van der Waals surface area contributed by atoms with Gasteiger partial charge in [0.15, 0.2) is 0 Å². The molecule has 0 amide bonds. The highest BCUT2D eigenvalue weighted by Crippen LogP contribution is 2.38. The summed E-state index contributed by atoms with van der Waals surface area (Å²) in [5.74, 6) is 0.581. The van der Waals surface area contributed by atoms with Crippen LogP contribution < -0.4 is 5.73 Å². The summed E-state index contributed by atoms with van der Waals surface area (Å²) >= 11 is 1.72. The zero-order valence-corrected chi connectivity index (χ0v) is 9.65. The van der Waals surface area contributed by atoms with Crippen molar-refractivity contribution in [3.63, 3.8) is 0 Å². The van der Waals surface area contributed by atoms with Crippen LogP contribution in [0.3, 0.4) is 0 Å². The average Bonchev–Trinajstić information content (AvgIpc) is 2.75. The Morgan fingerprint density at radius 1 is 1.25 bits per heavy atom. The van der Waals surface area contributed by atoms with E-state index in [0.29, 0.717) is 12.0 Å². The summed E-state index contributed by atoms with van der Waals surface area (Å²) in [6.07, 6.45) is 3.96. The Labute approximate surface area is 98.4 Å². The van der Waals surface area contributed by atoms with E-state index >= 15 is 0 Å². The van der Waals surface area contributed by atoms with Crippen LogP contribution in [-0.4, -0.2) is 16.0 Å². The van der Waals surface area contributed by atoms with Crippen molar-refractivity contribution in [2.75, 3.05) is 0 Å². The van der Waals surface area contributed by atoms with Crippen LogP contribution in [0.1, 0.15) is 23.8 Å². The van der Waals surface area contributed by atoms with Crippen molar-refractivity contribution in [1.29, 1.82) is 0 Å². The highest BCUT2D eigenvalue weighted by atomic mass is 32.1. The largest absolute Gasteiger partial charge is 0.328 e. The van der Waals surface area contributed by atoms with E-state index in [1.165, 1.54) is 5.01 Å². The number of thiazole rings is 1. The van der Waals surface area contributed by atoms with Crippen LogP contribution in [0.5, 0.6) is 0 Å². The topological polar surface area (TPSA) is 51.8 Å². The van der Waals surface area contributed by atoms with Gasteiger partial charge in [-0.2, -0.15) is 0 Å². The van der Waals surface area contributed by atoms with E-state index in [9.17, 15) is 0 Å². The number of nitrogens with two attached hydrogens (primary N) is 1. The summed E-state index contributed by atoms with van der Waals surface area (Å²) in [5.41, 5.74) is 7.73. The van der Waals surface area contributed by atoms with E-state index in [4.69, 9.17) is 5.73 Å². The second-order valence-corrected chi connectivity index (χ2v) is 5.10. The number of rotatable bonds is 2. The Morgan fingerprint density at radius 3 is 2.81 bits per heavy atom. The second-order valence-electron chi connectivity index (χ2n) is 4.21. The maximum atomic E-state index is 5.79. The molecule has 1 aliphatic rings. The van der Waals surface area contributed by atoms with E-state index in [2.05, 4.69) is 15.3 Å². The van der Waals surface area contributed by atoms with Crippen LogP contribution in [0.4, 0.5) is 0 Å². The molecule has 3 nitrogen and oxygen atoms in total. The molecule has 0 saturated heterocycles. The first-order valence-corrected chi connectivity index (χ1v) is 6.33. The summed E-state index contributed by atoms with van der Waals surface area (Å²) < 4.78 is 0. The molecule has 0 aromatic carbocycles. The van der Waals surface area contributed by atoms with Gasteiger partial charge >= 0.3 is 0 Å². The molecule has 2 aromatic heterocycles. The lowest BCUT2D eigenvalue weighted by molar-refractivity contribution is 0.351. The lowest BCUT2D eigenvalue weighted by atomic mass is 9.81. The van der Waals surface area contributed by atoms with Crippen molar-refractivity contribution < 1.29 is 0 Å². The minimum Gasteiger partial charge on any atom is -0.328 e. The number of hydrogen-bond acceptors (Lipinski definition) is 4. The lowest BCUT2D eigenvalue weighted by Crippen LogP contribution is -2.34. The van der Waals surface area contributed by atoms with Crippen molar-refractivity contribution >= 4 is 11.3 Å². The first-order valence-electron chi connectivity index (χ1n) is 5.45. The van der Waals surface area contributed by atoms with Crippen molar-refractivity contribution in [3.8, 4) is 11.4 Å². The van der Waals surface area contributed by atoms with Gasteiger partial charge in [0.2, 0.25) is 0 Å². The Kier molecular flexibility index (Phi) is 2.46. The van der Waals surface area contributed by atoms with Gasteiger partial charge in [0.25, 0.3) is 0 Å². The van der Waals surface area contributed by atoms with Gasteiger partial charge in [-0.1, -0.05) is 6.07 Å². The maximum absolute atomic E-state index is 5.79. The average molecular weight is 231 g/mol. The van der Waals surface area contributed by atoms with Gasteiger partial charge in [-0.3, -0.25) is 4.98 Å². The molecule has 2 N–H and O–H groups in total. The summed E-state index contributed by atoms with van der Waals surface area (Å²) in [6.45, 7) is 0. The first kappa shape index (κ1) is 9.93. The number of aromatic nitrogens is 2. The predicted molar refractivity (Wildman–Crippen MR) is 65.3 cm³/mol. The zero-order chi connectivity index (χ0) is 11.0. The molecule has 4 heteroatoms. The fraction of sp³-hybridized carbons (Fsp3) is 0.333. The molecule has 0 unspecified atom stereocenters. The SMILES string of the molecule is NC1CC(c2nc(-c3ccccn3)cs2)C1. The number of hydrogen-bond donors (Lipinski definition) is 1. The Hall–Kier alpha value is -1.26. The van der Waals surface area contributed by atoms with E-state index in [1.807, 2.05) is 18.2 Å². The zero-order valence-electron chi connectivity index (χ0n) is 8.84. The van der Waals surface area contributed by atoms with E-state index in [1.54, 1.807) is 17.5 Å². The third-order valence-corrected chi connectivity index (χ3v) is 3.98. The molecule has 0 radical (unpaired) electrons. The molecule has 0 aliphatic heterocycles. The summed E-state index contributed by atoms with van der Waals surface area (Å²) in [7, 11) is 0. The normalized spacial score (nSPS) is 24.1. The van der Waals surface area contributed by atoms with Crippen LogP contribution in [0.15, 0.2) is 29.8 Å². The summed E-state index contributed by atoms with van der Waals surface area (Å²) in [4.78, 5) is 8.94. The van der Waals surface area contributed by atoms with E-state index < -0.39 is 0 Å². The van der Waals surface area contributed by atoms with Crippen LogP contribution in [0.2, 0.25) is 0 Å². The quantitative estimate of drug-likeness (QED) is 0.863. The minimum atomic E-state index is 0.382. The second kappa shape index (κ2) is 3.96. The molecule has 0 bridgehead atoms. The van der Waals surface area contributed by atoms with Crippen molar-refractivity contribution in [2.24, 2.45) is 5.73 Å². The molecule has 0 spiro atoms. The molecule has 1 fully saturated rings. The Balaban J connectivity index is 1.83. The molecule has 82 valence electrons. The van der Waals surface area contributed by atoms with Crippen molar-refractivity contribution in [1.82, 2.24) is 9.97 Å². The van der Waals surface area contributed by atoms with Gasteiger partial charge in [0, 0.05) is 23.5 Å². The smallest absolute Gasteiger partial charge is 0.0998 e. The van der Waals surface area contributed by atoms with Gasteiger partial charge in [-0.05, 0) is 25.0 Å². The highest BCUT2D eigenvalue weighted by Gasteiger charge is 2.29. The van der Waals surface area contributed by atoms with Gasteiger partial charge in [0.05, 0.1) is 16.4 Å². The summed E-state index contributed by atoms with van der Waals surface area (Å²) in [6, 6.07) is 6.28. The van der Waals surface area contributed by atoms with E-state index in [0.717, 1.165) is 24.2 Å². The minimum absolute atomic E-state index is 0.382. The molecule has 3 rings (SSSR count). The first-order chi connectivity index (χ1) is 7.83.